The molecule has 2 heterocycles. The molecular weight excluding hydrogens is 354 g/mol. The van der Waals surface area contributed by atoms with Crippen molar-refractivity contribution in [1.82, 2.24) is 24.9 Å². The van der Waals surface area contributed by atoms with E-state index in [0.717, 1.165) is 27.6 Å². The summed E-state index contributed by atoms with van der Waals surface area (Å²) in [5, 5.41) is 13.8. The van der Waals surface area contributed by atoms with Gasteiger partial charge in [-0.2, -0.15) is 10.2 Å². The first-order valence-electron chi connectivity index (χ1n) is 8.91. The smallest absolute Gasteiger partial charge is 0.255 e. The summed E-state index contributed by atoms with van der Waals surface area (Å²) < 4.78 is 8.59. The zero-order chi connectivity index (χ0) is 19.7. The molecule has 0 aliphatic carbocycles. The summed E-state index contributed by atoms with van der Waals surface area (Å²) in [6, 6.07) is 12.0. The standard InChI is InChI=1S/C21H21N5O2/c1-25-12-17(11-23-25)20-19(13-26(2)24-20)21(27)22-10-14-4-5-16-9-18(28-3)7-6-15(16)8-14/h4-9,11-13H,10H2,1-3H3,(H,22,27). The van der Waals surface area contributed by atoms with Crippen molar-refractivity contribution in [3.8, 4) is 17.0 Å². The molecule has 2 aromatic carbocycles. The Bertz CT molecular complexity index is 1160. The third-order valence-electron chi connectivity index (χ3n) is 4.62. The minimum atomic E-state index is -0.165. The summed E-state index contributed by atoms with van der Waals surface area (Å²) in [5.41, 5.74) is 2.99. The fraction of sp³-hybridized carbons (Fsp3) is 0.190. The van der Waals surface area contributed by atoms with E-state index in [1.54, 1.807) is 35.9 Å². The molecule has 2 aromatic heterocycles. The molecule has 0 bridgehead atoms. The molecule has 0 fully saturated rings. The summed E-state index contributed by atoms with van der Waals surface area (Å²) in [6.45, 7) is 0.433. The van der Waals surface area contributed by atoms with Crippen LogP contribution in [0.15, 0.2) is 55.0 Å². The molecular formula is C21H21N5O2. The number of carbonyl (C=O) groups is 1. The monoisotopic (exact) mass is 375 g/mol. The van der Waals surface area contributed by atoms with E-state index >= 15 is 0 Å². The van der Waals surface area contributed by atoms with Crippen molar-refractivity contribution in [2.24, 2.45) is 14.1 Å². The summed E-state index contributed by atoms with van der Waals surface area (Å²) in [6.07, 6.45) is 5.28. The Hall–Kier alpha value is -3.61. The van der Waals surface area contributed by atoms with Crippen LogP contribution in [0.25, 0.3) is 22.0 Å². The number of aryl methyl sites for hydroxylation is 2. The van der Waals surface area contributed by atoms with Crippen molar-refractivity contribution in [3.63, 3.8) is 0 Å². The molecule has 0 saturated carbocycles. The molecule has 7 nitrogen and oxygen atoms in total. The largest absolute Gasteiger partial charge is 0.497 e. The fourth-order valence-corrected chi connectivity index (χ4v) is 3.20. The van der Waals surface area contributed by atoms with Crippen molar-refractivity contribution >= 4 is 16.7 Å². The van der Waals surface area contributed by atoms with Gasteiger partial charge in [0, 0.05) is 38.6 Å². The van der Waals surface area contributed by atoms with E-state index in [-0.39, 0.29) is 5.91 Å². The number of hydrogen-bond donors (Lipinski definition) is 1. The molecule has 0 aliphatic rings. The number of rotatable bonds is 5. The lowest BCUT2D eigenvalue weighted by molar-refractivity contribution is 0.0951. The number of aromatic nitrogens is 4. The van der Waals surface area contributed by atoms with Crippen LogP contribution in [0, 0.1) is 0 Å². The predicted molar refractivity (Wildman–Crippen MR) is 107 cm³/mol. The zero-order valence-corrected chi connectivity index (χ0v) is 16.0. The first-order valence-corrected chi connectivity index (χ1v) is 8.91. The Kier molecular flexibility index (Phi) is 4.57. The number of nitrogens with zero attached hydrogens (tertiary/aromatic N) is 4. The molecule has 0 saturated heterocycles. The van der Waals surface area contributed by atoms with Crippen LogP contribution in [0.5, 0.6) is 5.75 Å². The molecule has 7 heteroatoms. The van der Waals surface area contributed by atoms with E-state index in [0.29, 0.717) is 17.8 Å². The Morgan fingerprint density at radius 3 is 2.61 bits per heavy atom. The Labute approximate surface area is 162 Å². The van der Waals surface area contributed by atoms with Crippen LogP contribution in [0.1, 0.15) is 15.9 Å². The van der Waals surface area contributed by atoms with Crippen LogP contribution in [-0.4, -0.2) is 32.6 Å². The highest BCUT2D eigenvalue weighted by atomic mass is 16.5. The second kappa shape index (κ2) is 7.19. The van der Waals surface area contributed by atoms with Gasteiger partial charge in [-0.15, -0.1) is 0 Å². The molecule has 1 amide bonds. The third kappa shape index (κ3) is 3.46. The fourth-order valence-electron chi connectivity index (χ4n) is 3.20. The zero-order valence-electron chi connectivity index (χ0n) is 16.0. The number of fused-ring (bicyclic) bond motifs is 1. The van der Waals surface area contributed by atoms with Gasteiger partial charge in [-0.3, -0.25) is 14.2 Å². The molecule has 4 aromatic rings. The number of amides is 1. The van der Waals surface area contributed by atoms with Gasteiger partial charge in [0.15, 0.2) is 0 Å². The van der Waals surface area contributed by atoms with Crippen molar-refractivity contribution in [2.75, 3.05) is 7.11 Å². The lowest BCUT2D eigenvalue weighted by Crippen LogP contribution is -2.23. The molecule has 0 atom stereocenters. The van der Waals surface area contributed by atoms with Crippen LogP contribution >= 0.6 is 0 Å². The number of benzene rings is 2. The lowest BCUT2D eigenvalue weighted by Gasteiger charge is -2.07. The quantitative estimate of drug-likeness (QED) is 0.582. The maximum Gasteiger partial charge on any atom is 0.255 e. The van der Waals surface area contributed by atoms with Gasteiger partial charge in [0.05, 0.1) is 18.9 Å². The van der Waals surface area contributed by atoms with Crippen LogP contribution in [-0.2, 0) is 20.6 Å². The SMILES string of the molecule is COc1ccc2cc(CNC(=O)c3cn(C)nc3-c3cnn(C)c3)ccc2c1. The van der Waals surface area contributed by atoms with Crippen molar-refractivity contribution in [3.05, 3.63) is 66.1 Å². The Balaban J connectivity index is 1.53. The number of ether oxygens (including phenoxy) is 1. The molecule has 0 radical (unpaired) electrons. The van der Waals surface area contributed by atoms with Crippen LogP contribution in [0.4, 0.5) is 0 Å². The van der Waals surface area contributed by atoms with Gasteiger partial charge in [-0.05, 0) is 34.5 Å². The highest BCUT2D eigenvalue weighted by molar-refractivity contribution is 5.99. The summed E-state index contributed by atoms with van der Waals surface area (Å²) in [5.74, 6) is 0.662. The van der Waals surface area contributed by atoms with E-state index < -0.39 is 0 Å². The first-order chi connectivity index (χ1) is 13.5. The minimum absolute atomic E-state index is 0.165. The van der Waals surface area contributed by atoms with Crippen molar-refractivity contribution in [2.45, 2.75) is 6.54 Å². The minimum Gasteiger partial charge on any atom is -0.497 e. The van der Waals surface area contributed by atoms with Gasteiger partial charge in [-0.25, -0.2) is 0 Å². The topological polar surface area (TPSA) is 74.0 Å². The molecule has 142 valence electrons. The van der Waals surface area contributed by atoms with Gasteiger partial charge >= 0.3 is 0 Å². The lowest BCUT2D eigenvalue weighted by atomic mass is 10.1. The number of carbonyl (C=O) groups excluding carboxylic acids is 1. The summed E-state index contributed by atoms with van der Waals surface area (Å²) in [4.78, 5) is 12.8. The van der Waals surface area contributed by atoms with E-state index in [9.17, 15) is 4.79 Å². The van der Waals surface area contributed by atoms with Gasteiger partial charge in [0.25, 0.3) is 5.91 Å². The molecule has 0 spiro atoms. The van der Waals surface area contributed by atoms with Gasteiger partial charge < -0.3 is 10.1 Å². The second-order valence-corrected chi connectivity index (χ2v) is 6.70. The highest BCUT2D eigenvalue weighted by Gasteiger charge is 2.18. The van der Waals surface area contributed by atoms with Crippen LogP contribution < -0.4 is 10.1 Å². The van der Waals surface area contributed by atoms with Crippen molar-refractivity contribution < 1.29 is 9.53 Å². The van der Waals surface area contributed by atoms with E-state index in [1.807, 2.05) is 43.6 Å². The summed E-state index contributed by atoms with van der Waals surface area (Å²) >= 11 is 0. The van der Waals surface area contributed by atoms with E-state index in [2.05, 4.69) is 21.6 Å². The number of methoxy groups -OCH3 is 1. The van der Waals surface area contributed by atoms with E-state index in [1.165, 1.54) is 0 Å². The number of hydrogen-bond acceptors (Lipinski definition) is 4. The third-order valence-corrected chi connectivity index (χ3v) is 4.62. The second-order valence-electron chi connectivity index (χ2n) is 6.70. The first kappa shape index (κ1) is 17.8. The maximum atomic E-state index is 12.8. The van der Waals surface area contributed by atoms with E-state index in [4.69, 9.17) is 4.74 Å². The molecule has 4 rings (SSSR count). The molecule has 1 N–H and O–H groups in total. The molecule has 0 aliphatic heterocycles. The molecule has 28 heavy (non-hydrogen) atoms. The number of nitrogens with one attached hydrogen (secondary N) is 1. The Morgan fingerprint density at radius 1 is 1.07 bits per heavy atom. The van der Waals surface area contributed by atoms with Gasteiger partial charge in [0.2, 0.25) is 0 Å². The van der Waals surface area contributed by atoms with Gasteiger partial charge in [-0.1, -0.05) is 18.2 Å². The van der Waals surface area contributed by atoms with Crippen LogP contribution in [0.3, 0.4) is 0 Å². The predicted octanol–water partition coefficient (Wildman–Crippen LogP) is 2.91. The highest BCUT2D eigenvalue weighted by Crippen LogP contribution is 2.23. The maximum absolute atomic E-state index is 12.8. The normalized spacial score (nSPS) is 11.0. The average Bonchev–Trinajstić information content (AvgIpc) is 3.31. The summed E-state index contributed by atoms with van der Waals surface area (Å²) in [7, 11) is 5.29. The van der Waals surface area contributed by atoms with Crippen molar-refractivity contribution in [1.29, 1.82) is 0 Å². The van der Waals surface area contributed by atoms with Crippen LogP contribution in [0.2, 0.25) is 0 Å². The van der Waals surface area contributed by atoms with Gasteiger partial charge in [0.1, 0.15) is 11.4 Å². The Morgan fingerprint density at radius 2 is 1.86 bits per heavy atom. The molecule has 0 unspecified atom stereocenters. The average molecular weight is 375 g/mol.